The maximum Gasteiger partial charge on any atom is 0.146 e. The lowest BCUT2D eigenvalue weighted by Gasteiger charge is -2.32. The average Bonchev–Trinajstić information content (AvgIpc) is 3.33. The van der Waals surface area contributed by atoms with E-state index in [1.807, 2.05) is 12.4 Å². The van der Waals surface area contributed by atoms with Crippen molar-refractivity contribution < 1.29 is 4.39 Å². The quantitative estimate of drug-likeness (QED) is 0.860. The van der Waals surface area contributed by atoms with Crippen LogP contribution in [0.25, 0.3) is 0 Å². The van der Waals surface area contributed by atoms with E-state index in [2.05, 4.69) is 16.0 Å². The van der Waals surface area contributed by atoms with Crippen LogP contribution in [0.4, 0.5) is 15.8 Å². The third-order valence-electron chi connectivity index (χ3n) is 4.52. The lowest BCUT2D eigenvalue weighted by atomic mass is 9.97. The third kappa shape index (κ3) is 2.24. The van der Waals surface area contributed by atoms with E-state index in [0.29, 0.717) is 5.92 Å². The molecule has 0 amide bonds. The Kier molecular flexibility index (Phi) is 2.84. The molecule has 0 radical (unpaired) electrons. The topological polar surface area (TPSA) is 42.1 Å². The van der Waals surface area contributed by atoms with Crippen LogP contribution in [-0.4, -0.2) is 11.5 Å². The molecule has 0 saturated heterocycles. The summed E-state index contributed by atoms with van der Waals surface area (Å²) in [6.45, 7) is 1.69. The zero-order valence-corrected chi connectivity index (χ0v) is 11.8. The van der Waals surface area contributed by atoms with E-state index in [0.717, 1.165) is 30.6 Å². The first-order chi connectivity index (χ1) is 10.2. The standard InChI is InChI=1S/C17H18FN3/c18-15-7-12-4-6-21(10-13(12)8-16(15)19)17-9-20-5-3-14(17)11-1-2-11/h3,5,7-9,11H,1-2,4,6,10,19H2. The fourth-order valence-electron chi connectivity index (χ4n) is 3.20. The summed E-state index contributed by atoms with van der Waals surface area (Å²) in [5.74, 6) is 0.393. The van der Waals surface area contributed by atoms with Gasteiger partial charge in [-0.1, -0.05) is 0 Å². The first kappa shape index (κ1) is 12.6. The Morgan fingerprint density at radius 1 is 1.24 bits per heavy atom. The van der Waals surface area contributed by atoms with Crippen LogP contribution in [0.2, 0.25) is 0 Å². The minimum absolute atomic E-state index is 0.240. The predicted octanol–water partition coefficient (Wildman–Crippen LogP) is 3.24. The molecule has 1 aromatic heterocycles. The molecule has 1 saturated carbocycles. The van der Waals surface area contributed by atoms with Crippen LogP contribution in [0.3, 0.4) is 0 Å². The Morgan fingerprint density at radius 3 is 2.90 bits per heavy atom. The van der Waals surface area contributed by atoms with Crippen molar-refractivity contribution in [3.8, 4) is 0 Å². The Morgan fingerprint density at radius 2 is 2.10 bits per heavy atom. The maximum absolute atomic E-state index is 13.6. The van der Waals surface area contributed by atoms with Crippen LogP contribution in [-0.2, 0) is 13.0 Å². The zero-order chi connectivity index (χ0) is 14.4. The number of anilines is 2. The van der Waals surface area contributed by atoms with Crippen molar-refractivity contribution in [1.29, 1.82) is 0 Å². The number of hydrogen-bond acceptors (Lipinski definition) is 3. The summed E-state index contributed by atoms with van der Waals surface area (Å²) in [6, 6.07) is 5.51. The highest BCUT2D eigenvalue weighted by Crippen LogP contribution is 2.44. The average molecular weight is 283 g/mol. The summed E-state index contributed by atoms with van der Waals surface area (Å²) in [5.41, 5.74) is 10.8. The fourth-order valence-corrected chi connectivity index (χ4v) is 3.20. The predicted molar refractivity (Wildman–Crippen MR) is 81.8 cm³/mol. The highest BCUT2D eigenvalue weighted by molar-refractivity contribution is 5.57. The van der Waals surface area contributed by atoms with E-state index in [9.17, 15) is 4.39 Å². The summed E-state index contributed by atoms with van der Waals surface area (Å²) < 4.78 is 13.6. The molecule has 0 spiro atoms. The molecule has 0 unspecified atom stereocenters. The van der Waals surface area contributed by atoms with Crippen LogP contribution in [0, 0.1) is 5.82 Å². The van der Waals surface area contributed by atoms with E-state index in [1.54, 1.807) is 12.1 Å². The van der Waals surface area contributed by atoms with Gasteiger partial charge in [-0.15, -0.1) is 0 Å². The Balaban J connectivity index is 1.68. The van der Waals surface area contributed by atoms with Gasteiger partial charge in [0.2, 0.25) is 0 Å². The van der Waals surface area contributed by atoms with Gasteiger partial charge < -0.3 is 10.6 Å². The van der Waals surface area contributed by atoms with E-state index in [1.165, 1.54) is 24.1 Å². The lowest BCUT2D eigenvalue weighted by molar-refractivity contribution is 0.623. The van der Waals surface area contributed by atoms with Crippen molar-refractivity contribution in [2.75, 3.05) is 17.2 Å². The molecule has 21 heavy (non-hydrogen) atoms. The second-order valence-corrected chi connectivity index (χ2v) is 6.02. The van der Waals surface area contributed by atoms with Crippen molar-refractivity contribution in [2.24, 2.45) is 0 Å². The van der Waals surface area contributed by atoms with Gasteiger partial charge in [0.1, 0.15) is 5.82 Å². The number of rotatable bonds is 2. The molecule has 2 N–H and O–H groups in total. The second-order valence-electron chi connectivity index (χ2n) is 6.02. The third-order valence-corrected chi connectivity index (χ3v) is 4.52. The first-order valence-corrected chi connectivity index (χ1v) is 7.48. The minimum atomic E-state index is -0.303. The summed E-state index contributed by atoms with van der Waals surface area (Å²) in [6.07, 6.45) is 7.25. The van der Waals surface area contributed by atoms with Crippen molar-refractivity contribution in [1.82, 2.24) is 4.98 Å². The summed E-state index contributed by atoms with van der Waals surface area (Å²) in [4.78, 5) is 6.64. The molecule has 1 aliphatic carbocycles. The number of aromatic nitrogens is 1. The normalized spacial score (nSPS) is 17.7. The van der Waals surface area contributed by atoms with Crippen molar-refractivity contribution in [3.05, 3.63) is 53.1 Å². The van der Waals surface area contributed by atoms with Gasteiger partial charge in [-0.3, -0.25) is 4.98 Å². The fraction of sp³-hybridized carbons (Fsp3) is 0.353. The van der Waals surface area contributed by atoms with E-state index >= 15 is 0 Å². The van der Waals surface area contributed by atoms with Crippen molar-refractivity contribution >= 4 is 11.4 Å². The van der Waals surface area contributed by atoms with Crippen LogP contribution in [0.1, 0.15) is 35.4 Å². The minimum Gasteiger partial charge on any atom is -0.396 e. The number of fused-ring (bicyclic) bond motifs is 1. The van der Waals surface area contributed by atoms with E-state index in [4.69, 9.17) is 5.73 Å². The number of hydrogen-bond donors (Lipinski definition) is 1. The van der Waals surface area contributed by atoms with E-state index < -0.39 is 0 Å². The molecule has 0 bridgehead atoms. The maximum atomic E-state index is 13.6. The molecule has 4 heteroatoms. The molecule has 0 atom stereocenters. The van der Waals surface area contributed by atoms with Crippen LogP contribution in [0.5, 0.6) is 0 Å². The van der Waals surface area contributed by atoms with Crippen LogP contribution < -0.4 is 10.6 Å². The molecule has 1 aromatic carbocycles. The van der Waals surface area contributed by atoms with Gasteiger partial charge in [0, 0.05) is 19.3 Å². The molecule has 4 rings (SSSR count). The number of halogens is 1. The number of nitrogen functional groups attached to an aromatic ring is 1. The Bertz CT molecular complexity index is 694. The molecule has 3 nitrogen and oxygen atoms in total. The lowest BCUT2D eigenvalue weighted by Crippen LogP contribution is -2.31. The summed E-state index contributed by atoms with van der Waals surface area (Å²) >= 11 is 0. The van der Waals surface area contributed by atoms with Gasteiger partial charge >= 0.3 is 0 Å². The smallest absolute Gasteiger partial charge is 0.146 e. The van der Waals surface area contributed by atoms with Gasteiger partial charge in [0.25, 0.3) is 0 Å². The van der Waals surface area contributed by atoms with Crippen molar-refractivity contribution in [3.63, 3.8) is 0 Å². The van der Waals surface area contributed by atoms with Crippen LogP contribution >= 0.6 is 0 Å². The molecule has 2 aromatic rings. The molecule has 1 aliphatic heterocycles. The number of pyridine rings is 1. The highest BCUT2D eigenvalue weighted by atomic mass is 19.1. The molecule has 1 fully saturated rings. The Labute approximate surface area is 123 Å². The Hall–Kier alpha value is -2.10. The van der Waals surface area contributed by atoms with Gasteiger partial charge in [0.05, 0.1) is 17.6 Å². The first-order valence-electron chi connectivity index (χ1n) is 7.48. The van der Waals surface area contributed by atoms with Gasteiger partial charge in [0.15, 0.2) is 0 Å². The summed E-state index contributed by atoms with van der Waals surface area (Å²) in [5, 5.41) is 0. The largest absolute Gasteiger partial charge is 0.396 e. The molecular formula is C17H18FN3. The zero-order valence-electron chi connectivity index (χ0n) is 11.8. The van der Waals surface area contributed by atoms with E-state index in [-0.39, 0.29) is 11.5 Å². The molecular weight excluding hydrogens is 265 g/mol. The molecule has 2 aliphatic rings. The number of nitrogens with two attached hydrogens (primary N) is 1. The van der Waals surface area contributed by atoms with Crippen LogP contribution in [0.15, 0.2) is 30.6 Å². The van der Waals surface area contributed by atoms with Gasteiger partial charge in [-0.05, 0) is 60.1 Å². The summed E-state index contributed by atoms with van der Waals surface area (Å²) in [7, 11) is 0. The number of nitrogens with zero attached hydrogens (tertiary/aromatic N) is 2. The highest BCUT2D eigenvalue weighted by Gasteiger charge is 2.29. The second kappa shape index (κ2) is 4.72. The SMILES string of the molecule is Nc1cc2c(cc1F)CCN(c1cnccc1C1CC1)C2. The molecule has 2 heterocycles. The van der Waals surface area contributed by atoms with Crippen molar-refractivity contribution in [2.45, 2.75) is 31.7 Å². The number of benzene rings is 1. The monoisotopic (exact) mass is 283 g/mol. The molecule has 108 valence electrons. The van der Waals surface area contributed by atoms with Gasteiger partial charge in [-0.2, -0.15) is 0 Å². The van der Waals surface area contributed by atoms with Gasteiger partial charge in [-0.25, -0.2) is 4.39 Å².